The summed E-state index contributed by atoms with van der Waals surface area (Å²) in [5.41, 5.74) is 0. The molecule has 0 saturated heterocycles. The molecule has 1 heterocycles. The molecule has 0 atom stereocenters. The van der Waals surface area contributed by atoms with Crippen molar-refractivity contribution in [1.29, 1.82) is 0 Å². The molecule has 0 amide bonds. The van der Waals surface area contributed by atoms with Gasteiger partial charge >= 0.3 is 21.7 Å². The van der Waals surface area contributed by atoms with Crippen LogP contribution in [0.4, 0.5) is 0 Å². The summed E-state index contributed by atoms with van der Waals surface area (Å²) in [6, 6.07) is 3.71. The minimum atomic E-state index is 0. The Morgan fingerprint density at radius 1 is 1.10 bits per heavy atom. The predicted molar refractivity (Wildman–Crippen MR) is 32.5 cm³/mol. The van der Waals surface area contributed by atoms with E-state index in [0.717, 1.165) is 0 Å². The topological polar surface area (TPSA) is 15.8 Å². The van der Waals surface area contributed by atoms with E-state index in [4.69, 9.17) is 0 Å². The molecule has 0 unspecified atom stereocenters. The molecule has 0 aromatic carbocycles. The first-order valence-corrected chi connectivity index (χ1v) is 1.49. The Labute approximate surface area is 90.7 Å². The molecular formula is C6H10Cl2NTi-3. The van der Waals surface area contributed by atoms with Crippen molar-refractivity contribution in [2.45, 2.75) is 0 Å². The third-order valence-electron chi connectivity index (χ3n) is 0.442. The van der Waals surface area contributed by atoms with Crippen LogP contribution in [0.3, 0.4) is 0 Å². The molecule has 0 aliphatic heterocycles. The van der Waals surface area contributed by atoms with Crippen molar-refractivity contribution < 1.29 is 46.5 Å². The molecule has 1 aromatic heterocycles. The Morgan fingerprint density at radius 2 is 1.60 bits per heavy atom. The zero-order chi connectivity index (χ0) is 3.54. The molecule has 4 heteroatoms. The second kappa shape index (κ2) is 22.7. The normalized spacial score (nSPS) is 4.00. The van der Waals surface area contributed by atoms with Crippen LogP contribution in [-0.4, -0.2) is 4.98 Å². The number of hydrogen-bond donors (Lipinski definition) is 1. The van der Waals surface area contributed by atoms with E-state index in [9.17, 15) is 0 Å². The molecule has 1 nitrogen and oxygen atoms in total. The van der Waals surface area contributed by atoms with Gasteiger partial charge in [0.25, 0.3) is 0 Å². The quantitative estimate of drug-likeness (QED) is 0.333. The molecule has 1 rings (SSSR count). The van der Waals surface area contributed by atoms with E-state index in [-0.39, 0.29) is 61.4 Å². The van der Waals surface area contributed by atoms with Crippen LogP contribution in [0.1, 0.15) is 0 Å². The standard InChI is InChI=1S/C4H4N.2CH3.2ClH.Ti/c1-2-4-5-3-1;;;;;/h1-3,5H;2*1H3;2*1H;/q3*-1;;;+2/p-2. The zero-order valence-electron chi connectivity index (χ0n) is 5.99. The summed E-state index contributed by atoms with van der Waals surface area (Å²) in [7, 11) is 0. The summed E-state index contributed by atoms with van der Waals surface area (Å²) in [6.45, 7) is 0. The van der Waals surface area contributed by atoms with Crippen molar-refractivity contribution in [3.63, 3.8) is 0 Å². The SMILES string of the molecule is [CH3-].[CH3-].[Cl-].[Cl-].[Ti+2].[c-]1ccc[nH]1. The summed E-state index contributed by atoms with van der Waals surface area (Å²) < 4.78 is 0. The van der Waals surface area contributed by atoms with Gasteiger partial charge in [-0.15, -0.1) is 6.20 Å². The van der Waals surface area contributed by atoms with Gasteiger partial charge in [0, 0.05) is 0 Å². The van der Waals surface area contributed by atoms with E-state index < -0.39 is 0 Å². The summed E-state index contributed by atoms with van der Waals surface area (Å²) in [5, 5.41) is 0. The summed E-state index contributed by atoms with van der Waals surface area (Å²) in [5.74, 6) is 0. The Bertz CT molecular complexity index is 72.2. The van der Waals surface area contributed by atoms with Crippen LogP contribution in [0.2, 0.25) is 0 Å². The minimum absolute atomic E-state index is 0. The molecule has 10 heavy (non-hydrogen) atoms. The van der Waals surface area contributed by atoms with E-state index in [2.05, 4.69) is 11.2 Å². The van der Waals surface area contributed by atoms with E-state index in [1.54, 1.807) is 0 Å². The number of aromatic nitrogens is 1. The fourth-order valence-electron chi connectivity index (χ4n) is 0.241. The molecule has 1 N–H and O–H groups in total. The smallest absolute Gasteiger partial charge is 1.00 e. The maximum Gasteiger partial charge on any atom is 2.00 e. The molecule has 0 aliphatic carbocycles. The van der Waals surface area contributed by atoms with Crippen molar-refractivity contribution in [3.8, 4) is 0 Å². The van der Waals surface area contributed by atoms with Gasteiger partial charge in [-0.25, -0.2) is 0 Å². The first-order chi connectivity index (χ1) is 2.50. The Balaban J connectivity index is -0.0000000167. The van der Waals surface area contributed by atoms with Crippen LogP contribution in [-0.2, 0) is 21.7 Å². The number of halogens is 2. The third-order valence-corrected chi connectivity index (χ3v) is 0.442. The molecule has 0 saturated carbocycles. The Morgan fingerprint density at radius 3 is 1.70 bits per heavy atom. The minimum Gasteiger partial charge on any atom is -1.00 e. The monoisotopic (exact) mass is 214 g/mol. The summed E-state index contributed by atoms with van der Waals surface area (Å²) in [4.78, 5) is 2.74. The van der Waals surface area contributed by atoms with Crippen LogP contribution >= 0.6 is 0 Å². The number of hydrogen-bond acceptors (Lipinski definition) is 0. The number of rotatable bonds is 0. The molecule has 60 valence electrons. The Hall–Kier alpha value is 0.574. The van der Waals surface area contributed by atoms with Crippen molar-refractivity contribution in [1.82, 2.24) is 4.98 Å². The van der Waals surface area contributed by atoms with Gasteiger partial charge in [0.15, 0.2) is 0 Å². The molecule has 1 aromatic rings. The van der Waals surface area contributed by atoms with E-state index in [1.165, 1.54) is 0 Å². The average molecular weight is 215 g/mol. The molecule has 0 fully saturated rings. The van der Waals surface area contributed by atoms with Crippen LogP contribution < -0.4 is 24.8 Å². The van der Waals surface area contributed by atoms with Gasteiger partial charge in [0.05, 0.1) is 0 Å². The molecule has 0 spiro atoms. The maximum atomic E-state index is 2.74. The van der Waals surface area contributed by atoms with Gasteiger partial charge < -0.3 is 44.7 Å². The van der Waals surface area contributed by atoms with Gasteiger partial charge in [-0.05, 0) is 0 Å². The van der Waals surface area contributed by atoms with Gasteiger partial charge in [0.2, 0.25) is 0 Å². The van der Waals surface area contributed by atoms with Gasteiger partial charge in [-0.3, -0.25) is 0 Å². The average Bonchev–Trinajstić information content (AvgIpc) is 1.76. The summed E-state index contributed by atoms with van der Waals surface area (Å²) in [6.07, 6.45) is 4.56. The van der Waals surface area contributed by atoms with Crippen molar-refractivity contribution >= 4 is 0 Å². The fourth-order valence-corrected chi connectivity index (χ4v) is 0.241. The second-order valence-corrected chi connectivity index (χ2v) is 0.814. The first-order valence-electron chi connectivity index (χ1n) is 1.49. The maximum absolute atomic E-state index is 2.74. The number of aromatic amines is 1. The molecule has 0 radical (unpaired) electrons. The van der Waals surface area contributed by atoms with Crippen LogP contribution in [0.15, 0.2) is 18.3 Å². The van der Waals surface area contributed by atoms with Gasteiger partial charge in [-0.1, -0.05) is 0 Å². The molecule has 0 aliphatic rings. The second-order valence-electron chi connectivity index (χ2n) is 0.814. The largest absolute Gasteiger partial charge is 2.00 e. The number of H-pyrrole nitrogens is 1. The molecular weight excluding hydrogens is 205 g/mol. The van der Waals surface area contributed by atoms with Crippen LogP contribution in [0.25, 0.3) is 0 Å². The van der Waals surface area contributed by atoms with Crippen LogP contribution in [0.5, 0.6) is 0 Å². The van der Waals surface area contributed by atoms with Crippen LogP contribution in [0, 0.1) is 21.1 Å². The first kappa shape index (κ1) is 31.2. The zero-order valence-corrected chi connectivity index (χ0v) is 9.06. The predicted octanol–water partition coefficient (Wildman–Crippen LogP) is -4.28. The molecule has 0 bridgehead atoms. The van der Waals surface area contributed by atoms with Gasteiger partial charge in [0.1, 0.15) is 0 Å². The van der Waals surface area contributed by atoms with Crippen molar-refractivity contribution in [2.75, 3.05) is 0 Å². The third kappa shape index (κ3) is 15.8. The van der Waals surface area contributed by atoms with E-state index in [1.807, 2.05) is 18.3 Å². The fraction of sp³-hybridized carbons (Fsp3) is 0. The van der Waals surface area contributed by atoms with Gasteiger partial charge in [-0.2, -0.15) is 18.3 Å². The Kier molecular flexibility index (Phi) is 70.7. The van der Waals surface area contributed by atoms with Crippen molar-refractivity contribution in [2.24, 2.45) is 0 Å². The van der Waals surface area contributed by atoms with E-state index >= 15 is 0 Å². The van der Waals surface area contributed by atoms with E-state index in [0.29, 0.717) is 0 Å². The number of nitrogens with one attached hydrogen (secondary N) is 1. The van der Waals surface area contributed by atoms with Crippen molar-refractivity contribution in [3.05, 3.63) is 39.4 Å². The summed E-state index contributed by atoms with van der Waals surface area (Å²) >= 11 is 0.